The molecule has 0 aliphatic carbocycles. The van der Waals surface area contributed by atoms with E-state index >= 15 is 0 Å². The maximum atomic E-state index is 5.71. The highest BCUT2D eigenvalue weighted by Gasteiger charge is 2.38. The highest BCUT2D eigenvalue weighted by molar-refractivity contribution is 5.11. The zero-order valence-corrected chi connectivity index (χ0v) is 8.51. The van der Waals surface area contributed by atoms with Crippen LogP contribution in [0.1, 0.15) is 33.1 Å². The molecule has 2 nitrogen and oxygen atoms in total. The summed E-state index contributed by atoms with van der Waals surface area (Å²) in [6, 6.07) is 0. The van der Waals surface area contributed by atoms with E-state index in [0.717, 1.165) is 25.4 Å². The van der Waals surface area contributed by atoms with Gasteiger partial charge in [0.25, 0.3) is 0 Å². The van der Waals surface area contributed by atoms with Crippen LogP contribution >= 0.6 is 0 Å². The molecule has 0 radical (unpaired) electrons. The van der Waals surface area contributed by atoms with Crippen molar-refractivity contribution in [3.8, 4) is 0 Å². The first kappa shape index (κ1) is 9.07. The third kappa shape index (κ3) is 1.60. The van der Waals surface area contributed by atoms with Crippen molar-refractivity contribution in [2.75, 3.05) is 13.2 Å². The van der Waals surface area contributed by atoms with Crippen LogP contribution < -0.4 is 0 Å². The Balaban J connectivity index is 2.08. The minimum Gasteiger partial charge on any atom is -0.497 e. The third-order valence-corrected chi connectivity index (χ3v) is 3.07. The van der Waals surface area contributed by atoms with E-state index in [9.17, 15) is 0 Å². The Kier molecular flexibility index (Phi) is 2.33. The van der Waals surface area contributed by atoms with Gasteiger partial charge in [-0.25, -0.2) is 0 Å². The molecule has 1 saturated heterocycles. The van der Waals surface area contributed by atoms with Crippen LogP contribution in [0, 0.1) is 5.41 Å². The molecule has 74 valence electrons. The number of hydrogen-bond acceptors (Lipinski definition) is 2. The van der Waals surface area contributed by atoms with Gasteiger partial charge in [-0.05, 0) is 18.9 Å². The maximum Gasteiger partial charge on any atom is 0.100 e. The lowest BCUT2D eigenvalue weighted by Gasteiger charge is -2.31. The molecule has 0 aromatic heterocycles. The van der Waals surface area contributed by atoms with Gasteiger partial charge in [0, 0.05) is 18.4 Å². The van der Waals surface area contributed by atoms with Crippen LogP contribution in [0.15, 0.2) is 11.8 Å². The quantitative estimate of drug-likeness (QED) is 0.653. The molecule has 0 unspecified atom stereocenters. The molecule has 0 bridgehead atoms. The summed E-state index contributed by atoms with van der Waals surface area (Å²) in [5, 5.41) is 0. The zero-order valence-electron chi connectivity index (χ0n) is 8.51. The molecule has 0 aromatic rings. The van der Waals surface area contributed by atoms with E-state index in [1.54, 1.807) is 0 Å². The largest absolute Gasteiger partial charge is 0.497 e. The molecule has 2 heteroatoms. The molecular weight excluding hydrogens is 164 g/mol. The van der Waals surface area contributed by atoms with E-state index in [1.165, 1.54) is 12.8 Å². The Hall–Kier alpha value is -0.500. The van der Waals surface area contributed by atoms with E-state index in [4.69, 9.17) is 9.47 Å². The monoisotopic (exact) mass is 182 g/mol. The number of ether oxygens (including phenoxy) is 2. The normalized spacial score (nSPS) is 28.8. The second-order valence-corrected chi connectivity index (χ2v) is 4.43. The molecule has 1 atom stereocenters. The van der Waals surface area contributed by atoms with Crippen LogP contribution in [-0.4, -0.2) is 19.3 Å². The third-order valence-electron chi connectivity index (χ3n) is 3.07. The van der Waals surface area contributed by atoms with Crippen LogP contribution in [0.3, 0.4) is 0 Å². The SMILES string of the molecule is CC(C)(C1=CCCO1)[C@@H]1CCCO1. The smallest absolute Gasteiger partial charge is 0.100 e. The average Bonchev–Trinajstić information content (AvgIpc) is 2.78. The van der Waals surface area contributed by atoms with Gasteiger partial charge in [0.1, 0.15) is 5.76 Å². The minimum absolute atomic E-state index is 0.0764. The van der Waals surface area contributed by atoms with Crippen molar-refractivity contribution in [3.05, 3.63) is 11.8 Å². The number of rotatable bonds is 2. The average molecular weight is 182 g/mol. The van der Waals surface area contributed by atoms with Gasteiger partial charge in [0.15, 0.2) is 0 Å². The van der Waals surface area contributed by atoms with Crippen molar-refractivity contribution in [2.45, 2.75) is 39.2 Å². The predicted octanol–water partition coefficient (Wildman–Crippen LogP) is 2.50. The van der Waals surface area contributed by atoms with Crippen LogP contribution in [0.25, 0.3) is 0 Å². The summed E-state index contributed by atoms with van der Waals surface area (Å²) in [5.74, 6) is 1.14. The molecular formula is C11H18O2. The first-order valence-electron chi connectivity index (χ1n) is 5.16. The Bertz CT molecular complexity index is 212. The Labute approximate surface area is 79.9 Å². The van der Waals surface area contributed by atoms with Crippen molar-refractivity contribution >= 4 is 0 Å². The summed E-state index contributed by atoms with van der Waals surface area (Å²) < 4.78 is 11.3. The van der Waals surface area contributed by atoms with Gasteiger partial charge in [-0.2, -0.15) is 0 Å². The molecule has 2 aliphatic rings. The first-order valence-corrected chi connectivity index (χ1v) is 5.16. The van der Waals surface area contributed by atoms with Crippen molar-refractivity contribution in [3.63, 3.8) is 0 Å². The lowest BCUT2D eigenvalue weighted by atomic mass is 9.83. The lowest BCUT2D eigenvalue weighted by Crippen LogP contribution is -2.31. The fourth-order valence-corrected chi connectivity index (χ4v) is 2.17. The van der Waals surface area contributed by atoms with Gasteiger partial charge in [-0.15, -0.1) is 0 Å². The molecule has 13 heavy (non-hydrogen) atoms. The Morgan fingerprint density at radius 3 is 2.77 bits per heavy atom. The second-order valence-electron chi connectivity index (χ2n) is 4.43. The molecule has 2 heterocycles. The summed E-state index contributed by atoms with van der Waals surface area (Å²) in [6.07, 6.45) is 6.00. The first-order chi connectivity index (χ1) is 6.21. The van der Waals surface area contributed by atoms with Crippen molar-refractivity contribution in [1.29, 1.82) is 0 Å². The molecule has 2 rings (SSSR count). The Morgan fingerprint density at radius 1 is 1.38 bits per heavy atom. The van der Waals surface area contributed by atoms with Crippen LogP contribution in [0.2, 0.25) is 0 Å². The van der Waals surface area contributed by atoms with E-state index in [2.05, 4.69) is 19.9 Å². The minimum atomic E-state index is 0.0764. The maximum absolute atomic E-state index is 5.71. The standard InChI is InChI=1S/C11H18O2/c1-11(2,9-5-3-7-12-9)10-6-4-8-13-10/h5,10H,3-4,6-8H2,1-2H3/t10-/m0/s1. The number of hydrogen-bond donors (Lipinski definition) is 0. The molecule has 0 N–H and O–H groups in total. The molecule has 0 spiro atoms. The molecule has 0 aromatic carbocycles. The zero-order chi connectivity index (χ0) is 9.31. The summed E-state index contributed by atoms with van der Waals surface area (Å²) in [6.45, 7) is 6.22. The van der Waals surface area contributed by atoms with Crippen molar-refractivity contribution in [1.82, 2.24) is 0 Å². The fraction of sp³-hybridized carbons (Fsp3) is 0.818. The summed E-state index contributed by atoms with van der Waals surface area (Å²) in [7, 11) is 0. The van der Waals surface area contributed by atoms with E-state index in [1.807, 2.05) is 0 Å². The summed E-state index contributed by atoms with van der Waals surface area (Å²) >= 11 is 0. The van der Waals surface area contributed by atoms with E-state index in [0.29, 0.717) is 6.10 Å². The van der Waals surface area contributed by atoms with Gasteiger partial charge in [-0.1, -0.05) is 13.8 Å². The fourth-order valence-electron chi connectivity index (χ4n) is 2.17. The Morgan fingerprint density at radius 2 is 2.23 bits per heavy atom. The summed E-state index contributed by atoms with van der Waals surface area (Å²) in [4.78, 5) is 0. The molecule has 0 saturated carbocycles. The molecule has 2 aliphatic heterocycles. The predicted molar refractivity (Wildman–Crippen MR) is 51.4 cm³/mol. The van der Waals surface area contributed by atoms with E-state index in [-0.39, 0.29) is 5.41 Å². The van der Waals surface area contributed by atoms with Crippen LogP contribution in [0.4, 0.5) is 0 Å². The lowest BCUT2D eigenvalue weighted by molar-refractivity contribution is 0.00900. The highest BCUT2D eigenvalue weighted by atomic mass is 16.5. The molecule has 0 amide bonds. The van der Waals surface area contributed by atoms with Gasteiger partial charge >= 0.3 is 0 Å². The molecule has 1 fully saturated rings. The van der Waals surface area contributed by atoms with Gasteiger partial charge in [0.2, 0.25) is 0 Å². The van der Waals surface area contributed by atoms with Gasteiger partial charge in [0.05, 0.1) is 12.7 Å². The van der Waals surface area contributed by atoms with Gasteiger partial charge in [-0.3, -0.25) is 0 Å². The summed E-state index contributed by atoms with van der Waals surface area (Å²) in [5.41, 5.74) is 0.0764. The topological polar surface area (TPSA) is 18.5 Å². The van der Waals surface area contributed by atoms with Crippen molar-refractivity contribution < 1.29 is 9.47 Å². The van der Waals surface area contributed by atoms with E-state index < -0.39 is 0 Å². The highest BCUT2D eigenvalue weighted by Crippen LogP contribution is 2.39. The second kappa shape index (κ2) is 3.33. The van der Waals surface area contributed by atoms with Gasteiger partial charge < -0.3 is 9.47 Å². The van der Waals surface area contributed by atoms with Crippen LogP contribution in [0.5, 0.6) is 0 Å². The van der Waals surface area contributed by atoms with Crippen molar-refractivity contribution in [2.24, 2.45) is 5.41 Å². The van der Waals surface area contributed by atoms with Crippen LogP contribution in [-0.2, 0) is 9.47 Å².